The van der Waals surface area contributed by atoms with Gasteiger partial charge >= 0.3 is 0 Å². The third-order valence-electron chi connectivity index (χ3n) is 3.81. The number of nitrogens with zero attached hydrogens (tertiary/aromatic N) is 2. The summed E-state index contributed by atoms with van der Waals surface area (Å²) < 4.78 is 1.16. The van der Waals surface area contributed by atoms with Gasteiger partial charge in [-0.05, 0) is 44.3 Å². The third-order valence-corrected chi connectivity index (χ3v) is 4.30. The minimum absolute atomic E-state index is 0.386. The van der Waals surface area contributed by atoms with Crippen LogP contribution in [0.5, 0.6) is 0 Å². The Kier molecular flexibility index (Phi) is 5.25. The average Bonchev–Trinajstić information content (AvgIpc) is 2.40. The number of piperazine rings is 1. The molecule has 1 N–H and O–H groups in total. The van der Waals surface area contributed by atoms with E-state index in [0.29, 0.717) is 6.04 Å². The van der Waals surface area contributed by atoms with E-state index >= 15 is 0 Å². The van der Waals surface area contributed by atoms with Crippen LogP contribution in [0.3, 0.4) is 0 Å². The van der Waals surface area contributed by atoms with Crippen molar-refractivity contribution < 1.29 is 0 Å². The minimum Gasteiger partial charge on any atom is -0.369 e. The van der Waals surface area contributed by atoms with E-state index in [4.69, 9.17) is 0 Å². The van der Waals surface area contributed by atoms with Crippen molar-refractivity contribution in [1.29, 1.82) is 0 Å². The number of anilines is 1. The summed E-state index contributed by atoms with van der Waals surface area (Å²) in [5.41, 5.74) is 2.77. The van der Waals surface area contributed by atoms with Crippen LogP contribution in [0.15, 0.2) is 22.7 Å². The molecule has 0 bridgehead atoms. The van der Waals surface area contributed by atoms with Crippen LogP contribution in [0, 0.1) is 0 Å². The lowest BCUT2D eigenvalue weighted by Crippen LogP contribution is -2.45. The molecule has 0 amide bonds. The van der Waals surface area contributed by atoms with Crippen LogP contribution < -0.4 is 10.2 Å². The lowest BCUT2D eigenvalue weighted by molar-refractivity contribution is 0.312. The summed E-state index contributed by atoms with van der Waals surface area (Å²) in [6, 6.07) is 7.03. The Bertz CT molecular complexity index is 414. The van der Waals surface area contributed by atoms with E-state index in [2.05, 4.69) is 70.1 Å². The zero-order chi connectivity index (χ0) is 13.8. The standard InChI is InChI=1S/C15H24BrN3/c1-4-17-12(2)14-11-13(16)5-6-15(14)19-9-7-18(3)8-10-19/h5-6,11-12,17H,4,7-10H2,1-3H3. The maximum absolute atomic E-state index is 3.59. The molecule has 0 aromatic heterocycles. The van der Waals surface area contributed by atoms with Gasteiger partial charge in [0, 0.05) is 42.4 Å². The van der Waals surface area contributed by atoms with Crippen molar-refractivity contribution in [1.82, 2.24) is 10.2 Å². The Morgan fingerprint density at radius 3 is 2.58 bits per heavy atom. The second-order valence-electron chi connectivity index (χ2n) is 5.27. The molecule has 1 aliphatic heterocycles. The van der Waals surface area contributed by atoms with Gasteiger partial charge in [0.05, 0.1) is 0 Å². The highest BCUT2D eigenvalue weighted by atomic mass is 79.9. The summed E-state index contributed by atoms with van der Waals surface area (Å²) in [4.78, 5) is 4.90. The van der Waals surface area contributed by atoms with Gasteiger partial charge in [0.25, 0.3) is 0 Å². The van der Waals surface area contributed by atoms with Crippen molar-refractivity contribution in [2.75, 3.05) is 44.7 Å². The molecule has 0 spiro atoms. The van der Waals surface area contributed by atoms with E-state index in [1.165, 1.54) is 11.3 Å². The smallest absolute Gasteiger partial charge is 0.0416 e. The van der Waals surface area contributed by atoms with Gasteiger partial charge in [0.15, 0.2) is 0 Å². The van der Waals surface area contributed by atoms with E-state index in [9.17, 15) is 0 Å². The van der Waals surface area contributed by atoms with Crippen LogP contribution in [-0.4, -0.2) is 44.7 Å². The van der Waals surface area contributed by atoms with Crippen LogP contribution in [0.2, 0.25) is 0 Å². The summed E-state index contributed by atoms with van der Waals surface area (Å²) in [6.45, 7) is 9.91. The molecule has 1 fully saturated rings. The van der Waals surface area contributed by atoms with Crippen LogP contribution >= 0.6 is 15.9 Å². The lowest BCUT2D eigenvalue weighted by atomic mass is 10.0. The van der Waals surface area contributed by atoms with Crippen molar-refractivity contribution in [3.63, 3.8) is 0 Å². The molecule has 4 heteroatoms. The van der Waals surface area contributed by atoms with Crippen LogP contribution in [0.25, 0.3) is 0 Å². The first-order chi connectivity index (χ1) is 9.11. The quantitative estimate of drug-likeness (QED) is 0.918. The van der Waals surface area contributed by atoms with Gasteiger partial charge in [-0.15, -0.1) is 0 Å². The molecule has 1 aromatic carbocycles. The van der Waals surface area contributed by atoms with Gasteiger partial charge in [-0.1, -0.05) is 22.9 Å². The van der Waals surface area contributed by atoms with E-state index in [-0.39, 0.29) is 0 Å². The molecular weight excluding hydrogens is 302 g/mol. The average molecular weight is 326 g/mol. The summed E-state index contributed by atoms with van der Waals surface area (Å²) >= 11 is 3.59. The van der Waals surface area contributed by atoms with Crippen molar-refractivity contribution in [2.24, 2.45) is 0 Å². The maximum Gasteiger partial charge on any atom is 0.0416 e. The fraction of sp³-hybridized carbons (Fsp3) is 0.600. The van der Waals surface area contributed by atoms with Crippen molar-refractivity contribution in [2.45, 2.75) is 19.9 Å². The van der Waals surface area contributed by atoms with E-state index in [0.717, 1.165) is 37.2 Å². The molecule has 1 aromatic rings. The Morgan fingerprint density at radius 1 is 1.26 bits per heavy atom. The van der Waals surface area contributed by atoms with Crippen LogP contribution in [0.4, 0.5) is 5.69 Å². The summed E-state index contributed by atoms with van der Waals surface area (Å²) in [6.07, 6.45) is 0. The molecule has 0 aliphatic carbocycles. The molecule has 1 heterocycles. The van der Waals surface area contributed by atoms with Crippen molar-refractivity contribution >= 4 is 21.6 Å². The first-order valence-electron chi connectivity index (χ1n) is 7.08. The van der Waals surface area contributed by atoms with Crippen LogP contribution in [0.1, 0.15) is 25.5 Å². The van der Waals surface area contributed by atoms with Crippen molar-refractivity contribution in [3.8, 4) is 0 Å². The Labute approximate surface area is 125 Å². The number of nitrogens with one attached hydrogen (secondary N) is 1. The van der Waals surface area contributed by atoms with Gasteiger partial charge < -0.3 is 15.1 Å². The number of rotatable bonds is 4. The number of hydrogen-bond acceptors (Lipinski definition) is 3. The highest BCUT2D eigenvalue weighted by molar-refractivity contribution is 9.10. The predicted octanol–water partition coefficient (Wildman–Crippen LogP) is 2.87. The zero-order valence-electron chi connectivity index (χ0n) is 12.1. The number of hydrogen-bond donors (Lipinski definition) is 1. The second-order valence-corrected chi connectivity index (χ2v) is 6.19. The lowest BCUT2D eigenvalue weighted by Gasteiger charge is -2.36. The monoisotopic (exact) mass is 325 g/mol. The molecule has 106 valence electrons. The minimum atomic E-state index is 0.386. The Hall–Kier alpha value is -0.580. The summed E-state index contributed by atoms with van der Waals surface area (Å²) in [5.74, 6) is 0. The number of benzene rings is 1. The highest BCUT2D eigenvalue weighted by Gasteiger charge is 2.19. The molecule has 2 rings (SSSR count). The normalized spacial score (nSPS) is 18.6. The van der Waals surface area contributed by atoms with Crippen LogP contribution in [-0.2, 0) is 0 Å². The molecule has 1 atom stereocenters. The number of likely N-dealkylation sites (N-methyl/N-ethyl adjacent to an activating group) is 1. The van der Waals surface area contributed by atoms with E-state index < -0.39 is 0 Å². The molecule has 1 saturated heterocycles. The van der Waals surface area contributed by atoms with E-state index in [1.54, 1.807) is 0 Å². The molecule has 19 heavy (non-hydrogen) atoms. The van der Waals surface area contributed by atoms with E-state index in [1.807, 2.05) is 0 Å². The zero-order valence-corrected chi connectivity index (χ0v) is 13.7. The molecule has 1 aliphatic rings. The van der Waals surface area contributed by atoms with Gasteiger partial charge in [0.1, 0.15) is 0 Å². The molecule has 1 unspecified atom stereocenters. The fourth-order valence-electron chi connectivity index (χ4n) is 2.62. The fourth-order valence-corrected chi connectivity index (χ4v) is 3.00. The molecular formula is C15H24BrN3. The second kappa shape index (κ2) is 6.73. The first kappa shape index (κ1) is 14.8. The largest absolute Gasteiger partial charge is 0.369 e. The van der Waals surface area contributed by atoms with Gasteiger partial charge in [-0.25, -0.2) is 0 Å². The Balaban J connectivity index is 2.23. The molecule has 0 radical (unpaired) electrons. The third kappa shape index (κ3) is 3.71. The van der Waals surface area contributed by atoms with Gasteiger partial charge in [-0.3, -0.25) is 0 Å². The van der Waals surface area contributed by atoms with Gasteiger partial charge in [0.2, 0.25) is 0 Å². The SMILES string of the molecule is CCNC(C)c1cc(Br)ccc1N1CCN(C)CC1. The summed E-state index contributed by atoms with van der Waals surface area (Å²) in [7, 11) is 2.20. The molecule has 3 nitrogen and oxygen atoms in total. The number of halogens is 1. The first-order valence-corrected chi connectivity index (χ1v) is 7.87. The van der Waals surface area contributed by atoms with Gasteiger partial charge in [-0.2, -0.15) is 0 Å². The topological polar surface area (TPSA) is 18.5 Å². The Morgan fingerprint density at radius 2 is 1.95 bits per heavy atom. The predicted molar refractivity (Wildman–Crippen MR) is 85.9 cm³/mol. The highest BCUT2D eigenvalue weighted by Crippen LogP contribution is 2.30. The summed E-state index contributed by atoms with van der Waals surface area (Å²) in [5, 5.41) is 3.52. The molecule has 0 saturated carbocycles. The van der Waals surface area contributed by atoms with Crippen molar-refractivity contribution in [3.05, 3.63) is 28.2 Å². The maximum atomic E-state index is 3.59.